The third-order valence-corrected chi connectivity index (χ3v) is 5.27. The Hall–Kier alpha value is -1.24. The molecule has 3 heterocycles. The van der Waals surface area contributed by atoms with Gasteiger partial charge in [0.2, 0.25) is 17.8 Å². The summed E-state index contributed by atoms with van der Waals surface area (Å²) in [7, 11) is 0. The van der Waals surface area contributed by atoms with Crippen molar-refractivity contribution in [2.75, 3.05) is 47.5 Å². The van der Waals surface area contributed by atoms with Gasteiger partial charge in [-0.25, -0.2) is 0 Å². The molecule has 20 heavy (non-hydrogen) atoms. The highest BCUT2D eigenvalue weighted by molar-refractivity contribution is 8.00. The van der Waals surface area contributed by atoms with Gasteiger partial charge in [0.15, 0.2) is 0 Å². The van der Waals surface area contributed by atoms with E-state index in [0.29, 0.717) is 11.2 Å². The minimum absolute atomic E-state index is 0.336. The first-order valence-corrected chi connectivity index (χ1v) is 8.44. The first kappa shape index (κ1) is 13.7. The van der Waals surface area contributed by atoms with Crippen LogP contribution in [0.25, 0.3) is 0 Å². The predicted molar refractivity (Wildman–Crippen MR) is 84.4 cm³/mol. The molecule has 7 heteroatoms. The summed E-state index contributed by atoms with van der Waals surface area (Å²) < 4.78 is 0. The molecule has 1 atom stereocenters. The zero-order valence-electron chi connectivity index (χ0n) is 12.0. The molecular formula is C13H22N6S. The smallest absolute Gasteiger partial charge is 0.232 e. The molecule has 1 aromatic rings. The molecule has 2 aliphatic rings. The Balaban J connectivity index is 1.81. The van der Waals surface area contributed by atoms with Crippen LogP contribution in [0.2, 0.25) is 0 Å². The number of anilines is 3. The monoisotopic (exact) mass is 294 g/mol. The van der Waals surface area contributed by atoms with Gasteiger partial charge < -0.3 is 15.5 Å². The largest absolute Gasteiger partial charge is 0.368 e. The Kier molecular flexibility index (Phi) is 4.14. The molecule has 0 radical (unpaired) electrons. The minimum Gasteiger partial charge on any atom is -0.368 e. The average molecular weight is 294 g/mol. The molecular weight excluding hydrogens is 272 g/mol. The maximum atomic E-state index is 5.88. The van der Waals surface area contributed by atoms with Gasteiger partial charge in [-0.3, -0.25) is 0 Å². The summed E-state index contributed by atoms with van der Waals surface area (Å²) in [4.78, 5) is 17.7. The highest BCUT2D eigenvalue weighted by atomic mass is 32.2. The third kappa shape index (κ3) is 2.92. The van der Waals surface area contributed by atoms with Gasteiger partial charge in [-0.2, -0.15) is 26.7 Å². The zero-order valence-corrected chi connectivity index (χ0v) is 12.8. The summed E-state index contributed by atoms with van der Waals surface area (Å²) in [5.41, 5.74) is 5.88. The quantitative estimate of drug-likeness (QED) is 0.903. The maximum absolute atomic E-state index is 5.88. The summed E-state index contributed by atoms with van der Waals surface area (Å²) in [6.45, 7) is 6.28. The van der Waals surface area contributed by atoms with Crippen LogP contribution in [0, 0.1) is 0 Å². The number of thioether (sulfide) groups is 1. The van der Waals surface area contributed by atoms with Crippen LogP contribution in [-0.2, 0) is 0 Å². The van der Waals surface area contributed by atoms with Crippen LogP contribution >= 0.6 is 11.8 Å². The van der Waals surface area contributed by atoms with Crippen LogP contribution in [0.15, 0.2) is 0 Å². The number of nitrogens with zero attached hydrogens (tertiary/aromatic N) is 5. The van der Waals surface area contributed by atoms with E-state index in [4.69, 9.17) is 5.73 Å². The van der Waals surface area contributed by atoms with E-state index in [-0.39, 0.29) is 0 Å². The Morgan fingerprint density at radius 1 is 1.10 bits per heavy atom. The van der Waals surface area contributed by atoms with Gasteiger partial charge >= 0.3 is 0 Å². The van der Waals surface area contributed by atoms with Crippen molar-refractivity contribution in [3.63, 3.8) is 0 Å². The summed E-state index contributed by atoms with van der Waals surface area (Å²) >= 11 is 2.04. The van der Waals surface area contributed by atoms with Crippen LogP contribution in [0.3, 0.4) is 0 Å². The second-order valence-electron chi connectivity index (χ2n) is 5.33. The van der Waals surface area contributed by atoms with E-state index in [9.17, 15) is 0 Å². The fourth-order valence-electron chi connectivity index (χ4n) is 2.72. The van der Waals surface area contributed by atoms with Crippen molar-refractivity contribution in [1.82, 2.24) is 15.0 Å². The average Bonchev–Trinajstić information content (AvgIpc) is 3.01. The van der Waals surface area contributed by atoms with Crippen molar-refractivity contribution in [2.45, 2.75) is 31.4 Å². The number of nitrogen functional groups attached to an aromatic ring is 1. The van der Waals surface area contributed by atoms with E-state index in [1.54, 1.807) is 0 Å². The van der Waals surface area contributed by atoms with Crippen LogP contribution in [0.4, 0.5) is 17.8 Å². The van der Waals surface area contributed by atoms with Crippen LogP contribution in [-0.4, -0.2) is 52.1 Å². The van der Waals surface area contributed by atoms with Crippen LogP contribution in [0.5, 0.6) is 0 Å². The Morgan fingerprint density at radius 3 is 2.50 bits per heavy atom. The van der Waals surface area contributed by atoms with E-state index in [1.165, 1.54) is 19.3 Å². The maximum Gasteiger partial charge on any atom is 0.232 e. The second kappa shape index (κ2) is 6.03. The summed E-state index contributed by atoms with van der Waals surface area (Å²) in [5, 5.41) is 0.664. The standard InChI is InChI=1S/C13H22N6S/c1-2-10-9-19(7-8-20-10)13-16-11(14)15-12(17-13)18-5-3-4-6-18/h10H,2-9H2,1H3,(H2,14,15,16,17). The molecule has 1 unspecified atom stereocenters. The fourth-order valence-corrected chi connectivity index (χ4v) is 3.90. The lowest BCUT2D eigenvalue weighted by Gasteiger charge is -2.32. The molecule has 3 rings (SSSR count). The number of hydrogen-bond donors (Lipinski definition) is 1. The molecule has 1 aromatic heterocycles. The summed E-state index contributed by atoms with van der Waals surface area (Å²) in [6, 6.07) is 0. The molecule has 2 saturated heterocycles. The Morgan fingerprint density at radius 2 is 1.80 bits per heavy atom. The highest BCUT2D eigenvalue weighted by Gasteiger charge is 2.23. The van der Waals surface area contributed by atoms with E-state index >= 15 is 0 Å². The predicted octanol–water partition coefficient (Wildman–Crippen LogP) is 1.39. The Labute approximate surface area is 124 Å². The van der Waals surface area contributed by atoms with Gasteiger partial charge in [0.05, 0.1) is 0 Å². The second-order valence-corrected chi connectivity index (χ2v) is 6.74. The number of aromatic nitrogens is 3. The van der Waals surface area contributed by atoms with Gasteiger partial charge in [0.25, 0.3) is 0 Å². The topological polar surface area (TPSA) is 71.2 Å². The lowest BCUT2D eigenvalue weighted by molar-refractivity contribution is 0.705. The normalized spacial score (nSPS) is 23.4. The first-order chi connectivity index (χ1) is 9.76. The molecule has 0 aliphatic carbocycles. The van der Waals surface area contributed by atoms with Crippen molar-refractivity contribution in [3.05, 3.63) is 0 Å². The van der Waals surface area contributed by atoms with E-state index < -0.39 is 0 Å². The first-order valence-electron chi connectivity index (χ1n) is 7.39. The van der Waals surface area contributed by atoms with E-state index in [1.807, 2.05) is 11.8 Å². The molecule has 0 amide bonds. The fraction of sp³-hybridized carbons (Fsp3) is 0.769. The molecule has 0 saturated carbocycles. The molecule has 2 fully saturated rings. The van der Waals surface area contributed by atoms with Crippen LogP contribution < -0.4 is 15.5 Å². The van der Waals surface area contributed by atoms with Gasteiger partial charge in [-0.15, -0.1) is 0 Å². The molecule has 0 bridgehead atoms. The molecule has 0 spiro atoms. The van der Waals surface area contributed by atoms with Gasteiger partial charge in [0, 0.05) is 37.2 Å². The lowest BCUT2D eigenvalue weighted by atomic mass is 10.3. The summed E-state index contributed by atoms with van der Waals surface area (Å²) in [5.74, 6) is 2.96. The number of rotatable bonds is 3. The highest BCUT2D eigenvalue weighted by Crippen LogP contribution is 2.25. The minimum atomic E-state index is 0.336. The van der Waals surface area contributed by atoms with Crippen molar-refractivity contribution in [2.24, 2.45) is 0 Å². The Bertz CT molecular complexity index is 462. The van der Waals surface area contributed by atoms with Crippen molar-refractivity contribution >= 4 is 29.6 Å². The molecule has 2 N–H and O–H groups in total. The zero-order chi connectivity index (χ0) is 13.9. The van der Waals surface area contributed by atoms with Crippen molar-refractivity contribution < 1.29 is 0 Å². The molecule has 110 valence electrons. The number of hydrogen-bond acceptors (Lipinski definition) is 7. The SMILES string of the molecule is CCC1CN(c2nc(N)nc(N3CCCC3)n2)CCS1. The molecule has 2 aliphatic heterocycles. The van der Waals surface area contributed by atoms with Gasteiger partial charge in [-0.1, -0.05) is 6.92 Å². The third-order valence-electron chi connectivity index (χ3n) is 3.89. The lowest BCUT2D eigenvalue weighted by Crippen LogP contribution is -2.39. The van der Waals surface area contributed by atoms with E-state index in [0.717, 1.165) is 43.8 Å². The molecule has 6 nitrogen and oxygen atoms in total. The molecule has 0 aromatic carbocycles. The summed E-state index contributed by atoms with van der Waals surface area (Å²) in [6.07, 6.45) is 3.60. The van der Waals surface area contributed by atoms with Gasteiger partial charge in [-0.05, 0) is 19.3 Å². The van der Waals surface area contributed by atoms with Crippen molar-refractivity contribution in [3.8, 4) is 0 Å². The van der Waals surface area contributed by atoms with E-state index in [2.05, 4.69) is 31.7 Å². The van der Waals surface area contributed by atoms with Crippen molar-refractivity contribution in [1.29, 1.82) is 0 Å². The number of nitrogens with two attached hydrogens (primary N) is 1. The van der Waals surface area contributed by atoms with Gasteiger partial charge in [0.1, 0.15) is 0 Å². The van der Waals surface area contributed by atoms with Crippen LogP contribution in [0.1, 0.15) is 26.2 Å².